The first-order valence-corrected chi connectivity index (χ1v) is 13.7. The van der Waals surface area contributed by atoms with Gasteiger partial charge in [0.2, 0.25) is 11.8 Å². The molecular weight excluding hydrogens is 494 g/mol. The van der Waals surface area contributed by atoms with Gasteiger partial charge in [-0.1, -0.05) is 31.9 Å². The number of aromatic nitrogens is 1. The Morgan fingerprint density at radius 2 is 1.72 bits per heavy atom. The molecule has 0 radical (unpaired) electrons. The molecule has 0 aliphatic heterocycles. The highest BCUT2D eigenvalue weighted by Crippen LogP contribution is 2.38. The van der Waals surface area contributed by atoms with Crippen LogP contribution in [-0.4, -0.2) is 35.6 Å². The normalized spacial score (nSPS) is 14.3. The molecule has 1 aliphatic carbocycles. The van der Waals surface area contributed by atoms with E-state index < -0.39 is 11.4 Å². The van der Waals surface area contributed by atoms with E-state index in [0.717, 1.165) is 47.2 Å². The smallest absolute Gasteiger partial charge is 0.240 e. The van der Waals surface area contributed by atoms with E-state index in [-0.39, 0.29) is 12.3 Å². The summed E-state index contributed by atoms with van der Waals surface area (Å²) in [6, 6.07) is 9.69. The van der Waals surface area contributed by atoms with Crippen molar-refractivity contribution in [2.24, 2.45) is 11.5 Å². The monoisotopic (exact) mass is 533 g/mol. The van der Waals surface area contributed by atoms with Crippen molar-refractivity contribution in [3.63, 3.8) is 0 Å². The van der Waals surface area contributed by atoms with Crippen LogP contribution in [0.2, 0.25) is 0 Å². The quantitative estimate of drug-likeness (QED) is 0.273. The summed E-state index contributed by atoms with van der Waals surface area (Å²) < 4.78 is 11.7. The maximum absolute atomic E-state index is 12.8. The Morgan fingerprint density at radius 3 is 2.36 bits per heavy atom. The Bertz CT molecular complexity index is 1350. The number of pyridine rings is 1. The highest BCUT2D eigenvalue weighted by atomic mass is 16.5. The average Bonchev–Trinajstić information content (AvgIpc) is 3.37. The van der Waals surface area contributed by atoms with E-state index in [1.165, 1.54) is 0 Å². The molecule has 9 heteroatoms. The average molecular weight is 534 g/mol. The lowest BCUT2D eigenvalue weighted by molar-refractivity contribution is -0.126. The highest BCUT2D eigenvalue weighted by molar-refractivity contribution is 5.98. The molecule has 0 spiro atoms. The molecule has 2 aromatic carbocycles. The van der Waals surface area contributed by atoms with Gasteiger partial charge in [-0.05, 0) is 56.4 Å². The van der Waals surface area contributed by atoms with Gasteiger partial charge in [-0.2, -0.15) is 0 Å². The van der Waals surface area contributed by atoms with E-state index >= 15 is 0 Å². The number of nitrogens with one attached hydrogen (secondary N) is 2. The van der Waals surface area contributed by atoms with E-state index in [1.54, 1.807) is 6.20 Å². The number of carbonyl (C=O) groups is 2. The first-order valence-electron chi connectivity index (χ1n) is 13.7. The topological polar surface area (TPSA) is 142 Å². The minimum absolute atomic E-state index is 0.0260. The summed E-state index contributed by atoms with van der Waals surface area (Å²) in [7, 11) is 0. The molecule has 0 unspecified atom stereocenters. The van der Waals surface area contributed by atoms with Crippen molar-refractivity contribution < 1.29 is 19.1 Å². The summed E-state index contributed by atoms with van der Waals surface area (Å²) in [5.41, 5.74) is 16.2. The van der Waals surface area contributed by atoms with Crippen molar-refractivity contribution >= 4 is 34.1 Å². The predicted octanol–water partition coefficient (Wildman–Crippen LogP) is 4.25. The van der Waals surface area contributed by atoms with E-state index in [9.17, 15) is 9.59 Å². The van der Waals surface area contributed by atoms with Gasteiger partial charge in [-0.3, -0.25) is 14.6 Å². The molecule has 1 heterocycles. The van der Waals surface area contributed by atoms with Gasteiger partial charge in [0.1, 0.15) is 0 Å². The van der Waals surface area contributed by atoms with Crippen LogP contribution in [0.1, 0.15) is 63.1 Å². The Labute approximate surface area is 229 Å². The second-order valence-corrected chi connectivity index (χ2v) is 9.95. The zero-order chi connectivity index (χ0) is 28.0. The first kappa shape index (κ1) is 28.2. The van der Waals surface area contributed by atoms with Crippen molar-refractivity contribution in [1.82, 2.24) is 10.3 Å². The minimum atomic E-state index is -0.777. The number of primary amides is 1. The summed E-state index contributed by atoms with van der Waals surface area (Å²) in [5.74, 6) is 0.658. The molecule has 2 amide bonds. The summed E-state index contributed by atoms with van der Waals surface area (Å²) in [5, 5.41) is 7.42. The maximum atomic E-state index is 12.8. The van der Waals surface area contributed by atoms with Crippen LogP contribution in [0.5, 0.6) is 11.5 Å². The van der Waals surface area contributed by atoms with Gasteiger partial charge < -0.3 is 31.6 Å². The van der Waals surface area contributed by atoms with Crippen LogP contribution in [-0.2, 0) is 29.0 Å². The molecule has 6 N–H and O–H groups in total. The Morgan fingerprint density at radius 1 is 1.03 bits per heavy atom. The van der Waals surface area contributed by atoms with E-state index in [1.807, 2.05) is 44.2 Å². The van der Waals surface area contributed by atoms with E-state index in [0.29, 0.717) is 55.2 Å². The van der Waals surface area contributed by atoms with Crippen LogP contribution < -0.4 is 31.6 Å². The molecule has 0 bridgehead atoms. The molecule has 3 aromatic rings. The predicted molar refractivity (Wildman–Crippen MR) is 153 cm³/mol. The Balaban J connectivity index is 1.73. The molecular formula is C30H39N5O4. The summed E-state index contributed by atoms with van der Waals surface area (Å²) >= 11 is 0. The summed E-state index contributed by atoms with van der Waals surface area (Å²) in [6.07, 6.45) is 5.82. The molecule has 0 atom stereocenters. The third kappa shape index (κ3) is 6.25. The van der Waals surface area contributed by atoms with Crippen LogP contribution in [0.15, 0.2) is 36.5 Å². The molecule has 1 aliphatic rings. The zero-order valence-electron chi connectivity index (χ0n) is 23.1. The Hall–Kier alpha value is -3.85. The number of amides is 2. The third-order valence-electron chi connectivity index (χ3n) is 7.25. The SMILES string of the molecule is CCOc1cc2ncc(CC(N)=O)c(Nc3cccc(CNC(=O)C4(N)CCCC4)c3CC)c2cc1OCC. The summed E-state index contributed by atoms with van der Waals surface area (Å²) in [6.45, 7) is 7.25. The number of hydrogen-bond acceptors (Lipinski definition) is 7. The van der Waals surface area contributed by atoms with E-state index in [4.69, 9.17) is 20.9 Å². The fraction of sp³-hybridized carbons (Fsp3) is 0.433. The number of ether oxygens (including phenoxy) is 2. The van der Waals surface area contributed by atoms with Crippen molar-refractivity contribution in [2.75, 3.05) is 18.5 Å². The summed E-state index contributed by atoms with van der Waals surface area (Å²) in [4.78, 5) is 29.4. The van der Waals surface area contributed by atoms with Gasteiger partial charge in [-0.15, -0.1) is 0 Å². The van der Waals surface area contributed by atoms with Crippen LogP contribution in [0.4, 0.5) is 11.4 Å². The fourth-order valence-electron chi connectivity index (χ4n) is 5.30. The van der Waals surface area contributed by atoms with Crippen LogP contribution in [0.25, 0.3) is 10.9 Å². The lowest BCUT2D eigenvalue weighted by atomic mass is 9.97. The van der Waals surface area contributed by atoms with Crippen molar-refractivity contribution in [2.45, 2.75) is 71.4 Å². The molecule has 208 valence electrons. The number of anilines is 2. The van der Waals surface area contributed by atoms with Crippen LogP contribution in [0.3, 0.4) is 0 Å². The number of fused-ring (bicyclic) bond motifs is 1. The number of nitrogens with zero attached hydrogens (tertiary/aromatic N) is 1. The van der Waals surface area contributed by atoms with E-state index in [2.05, 4.69) is 22.5 Å². The fourth-order valence-corrected chi connectivity index (χ4v) is 5.30. The number of benzene rings is 2. The van der Waals surface area contributed by atoms with Crippen LogP contribution >= 0.6 is 0 Å². The third-order valence-corrected chi connectivity index (χ3v) is 7.25. The van der Waals surface area contributed by atoms with Gasteiger partial charge >= 0.3 is 0 Å². The maximum Gasteiger partial charge on any atom is 0.240 e. The number of nitrogens with two attached hydrogens (primary N) is 2. The second-order valence-electron chi connectivity index (χ2n) is 9.95. The molecule has 1 aromatic heterocycles. The molecule has 1 saturated carbocycles. The van der Waals surface area contributed by atoms with Gasteiger partial charge in [-0.25, -0.2) is 0 Å². The minimum Gasteiger partial charge on any atom is -0.490 e. The standard InChI is InChI=1S/C30H39N5O4/c1-4-21-19(17-34-29(37)30(32)12-7-8-13-30)10-9-11-23(21)35-28-20(14-27(31)36)18-33-24-16-26(39-6-3)25(38-5-2)15-22(24)28/h9-11,15-16,18H,4-8,12-14,17,32H2,1-3H3,(H2,31,36)(H,33,35)(H,34,37). The second kappa shape index (κ2) is 12.3. The largest absolute Gasteiger partial charge is 0.490 e. The highest BCUT2D eigenvalue weighted by Gasteiger charge is 2.36. The molecule has 1 fully saturated rings. The number of rotatable bonds is 12. The molecule has 4 rings (SSSR count). The molecule has 0 saturated heterocycles. The number of hydrogen-bond donors (Lipinski definition) is 4. The van der Waals surface area contributed by atoms with Crippen molar-refractivity contribution in [3.05, 3.63) is 53.2 Å². The lowest BCUT2D eigenvalue weighted by Crippen LogP contribution is -2.51. The van der Waals surface area contributed by atoms with Crippen molar-refractivity contribution in [3.8, 4) is 11.5 Å². The van der Waals surface area contributed by atoms with Gasteiger partial charge in [0.25, 0.3) is 0 Å². The molecule has 39 heavy (non-hydrogen) atoms. The van der Waals surface area contributed by atoms with Crippen molar-refractivity contribution in [1.29, 1.82) is 0 Å². The lowest BCUT2D eigenvalue weighted by Gasteiger charge is -2.23. The first-order chi connectivity index (χ1) is 18.8. The van der Waals surface area contributed by atoms with Gasteiger partial charge in [0, 0.05) is 35.4 Å². The Kier molecular flexibility index (Phi) is 8.91. The van der Waals surface area contributed by atoms with Gasteiger partial charge in [0.05, 0.1) is 36.4 Å². The zero-order valence-corrected chi connectivity index (χ0v) is 23.1. The van der Waals surface area contributed by atoms with Crippen LogP contribution in [0, 0.1) is 0 Å². The number of carbonyl (C=O) groups excluding carboxylic acids is 2. The van der Waals surface area contributed by atoms with Gasteiger partial charge in [0.15, 0.2) is 11.5 Å². The molecule has 9 nitrogen and oxygen atoms in total.